The molecule has 0 aliphatic heterocycles. The zero-order valence-electron chi connectivity index (χ0n) is 22.8. The fourth-order valence-corrected chi connectivity index (χ4v) is 2.60. The highest BCUT2D eigenvalue weighted by Gasteiger charge is 2.09. The Labute approximate surface area is 187 Å². The summed E-state index contributed by atoms with van der Waals surface area (Å²) in [6.45, 7) is 27.1. The Hall–Kier alpha value is -0.120. The van der Waals surface area contributed by atoms with Crippen molar-refractivity contribution >= 4 is 0 Å². The molecule has 0 rings (SSSR count). The molecule has 0 spiro atoms. The number of nitrogens with zero attached hydrogens (tertiary/aromatic N) is 1. The lowest BCUT2D eigenvalue weighted by Gasteiger charge is -2.19. The van der Waals surface area contributed by atoms with E-state index < -0.39 is 0 Å². The zero-order valence-corrected chi connectivity index (χ0v) is 22.8. The topological polar surface area (TPSA) is 41.3 Å². The Morgan fingerprint density at radius 1 is 0.655 bits per heavy atom. The first-order valence-electron chi connectivity index (χ1n) is 12.1. The first kappa shape index (κ1) is 33.5. The van der Waals surface area contributed by atoms with Gasteiger partial charge in [0, 0.05) is 0 Å². The van der Waals surface area contributed by atoms with Gasteiger partial charge in [-0.3, -0.25) is 0 Å². The van der Waals surface area contributed by atoms with Gasteiger partial charge in [0.05, 0.1) is 0 Å². The minimum Gasteiger partial charge on any atom is -0.330 e. The van der Waals surface area contributed by atoms with Gasteiger partial charge in [-0.25, -0.2) is 0 Å². The smallest absolute Gasteiger partial charge is 0.00246 e. The van der Waals surface area contributed by atoms with Crippen molar-refractivity contribution in [3.8, 4) is 0 Å². The molecule has 0 heterocycles. The Balaban J connectivity index is -0.000000354. The van der Waals surface area contributed by atoms with Gasteiger partial charge in [-0.2, -0.15) is 0 Å². The number of hydrogen-bond donors (Lipinski definition) is 2. The average Bonchev–Trinajstić information content (AvgIpc) is 2.50. The molecule has 3 N–H and O–H groups in total. The lowest BCUT2D eigenvalue weighted by molar-refractivity contribution is 0.319. The van der Waals surface area contributed by atoms with Crippen LogP contribution in [0.5, 0.6) is 0 Å². The molecule has 0 saturated heterocycles. The van der Waals surface area contributed by atoms with Crippen molar-refractivity contribution < 1.29 is 0 Å². The van der Waals surface area contributed by atoms with Crippen molar-refractivity contribution in [2.75, 3.05) is 40.3 Å². The van der Waals surface area contributed by atoms with Gasteiger partial charge in [0.2, 0.25) is 0 Å². The molecule has 0 fully saturated rings. The molecule has 3 nitrogen and oxygen atoms in total. The summed E-state index contributed by atoms with van der Waals surface area (Å²) < 4.78 is 0. The van der Waals surface area contributed by atoms with E-state index in [4.69, 9.17) is 5.73 Å². The maximum atomic E-state index is 5.34. The molecule has 0 unspecified atom stereocenters. The maximum Gasteiger partial charge on any atom is -0.00246 e. The summed E-state index contributed by atoms with van der Waals surface area (Å²) in [6, 6.07) is 0. The van der Waals surface area contributed by atoms with E-state index >= 15 is 0 Å². The van der Waals surface area contributed by atoms with E-state index in [0.29, 0.717) is 16.2 Å². The van der Waals surface area contributed by atoms with Crippen LogP contribution in [-0.2, 0) is 0 Å². The number of nitrogens with one attached hydrogen (secondary N) is 1. The second-order valence-electron chi connectivity index (χ2n) is 12.3. The maximum absolute atomic E-state index is 5.34. The van der Waals surface area contributed by atoms with Crippen molar-refractivity contribution in [1.29, 1.82) is 0 Å². The van der Waals surface area contributed by atoms with Gasteiger partial charge in [-0.1, -0.05) is 69.2 Å². The number of hydrogen-bond acceptors (Lipinski definition) is 3. The van der Waals surface area contributed by atoms with Crippen molar-refractivity contribution in [2.45, 2.75) is 114 Å². The molecule has 0 radical (unpaired) electrons. The monoisotopic (exact) mass is 415 g/mol. The van der Waals surface area contributed by atoms with Crippen molar-refractivity contribution in [2.24, 2.45) is 22.0 Å². The fraction of sp³-hybridized carbons (Fsp3) is 1.00. The highest BCUT2D eigenvalue weighted by molar-refractivity contribution is 4.62. The van der Waals surface area contributed by atoms with E-state index in [0.717, 1.165) is 13.0 Å². The standard InChI is InChI=1S/C10H23N.C9H21N.C7H17N/c1-5-8-11-9-6-7-10(2,3)4;1-9(2,3)7-6-8-10(4)5;1-7(2,3)5-4-6-8/h11H,5-9H2,1-4H3;6-8H2,1-5H3;4-6,8H2,1-3H3. The highest BCUT2D eigenvalue weighted by Crippen LogP contribution is 2.21. The predicted octanol–water partition coefficient (Wildman–Crippen LogP) is 6.96. The van der Waals surface area contributed by atoms with Crippen LogP contribution in [0.2, 0.25) is 0 Å². The lowest BCUT2D eigenvalue weighted by Crippen LogP contribution is -2.17. The molecular formula is C26H61N3. The molecule has 0 aromatic carbocycles. The van der Waals surface area contributed by atoms with Crippen LogP contribution in [-0.4, -0.2) is 45.2 Å². The van der Waals surface area contributed by atoms with E-state index in [-0.39, 0.29) is 0 Å². The quantitative estimate of drug-likeness (QED) is 0.379. The largest absolute Gasteiger partial charge is 0.330 e. The van der Waals surface area contributed by atoms with Crippen LogP contribution in [0.25, 0.3) is 0 Å². The molecule has 29 heavy (non-hydrogen) atoms. The molecule has 0 aromatic rings. The second kappa shape index (κ2) is 18.6. The van der Waals surface area contributed by atoms with Gasteiger partial charge in [0.15, 0.2) is 0 Å². The molecule has 0 aliphatic rings. The predicted molar refractivity (Wildman–Crippen MR) is 137 cm³/mol. The first-order valence-corrected chi connectivity index (χ1v) is 12.1. The Morgan fingerprint density at radius 3 is 1.38 bits per heavy atom. The van der Waals surface area contributed by atoms with Crippen molar-refractivity contribution in [3.63, 3.8) is 0 Å². The van der Waals surface area contributed by atoms with E-state index in [9.17, 15) is 0 Å². The lowest BCUT2D eigenvalue weighted by atomic mass is 9.90. The van der Waals surface area contributed by atoms with Gasteiger partial charge in [-0.15, -0.1) is 0 Å². The second-order valence-corrected chi connectivity index (χ2v) is 12.3. The SMILES string of the molecule is CC(C)(C)CCCN.CCCNCCCC(C)(C)C.CN(C)CCCC(C)(C)C. The molecule has 0 bridgehead atoms. The first-order chi connectivity index (χ1) is 13.0. The third kappa shape index (κ3) is 47.2. The van der Waals surface area contributed by atoms with Crippen LogP contribution in [0.4, 0.5) is 0 Å². The van der Waals surface area contributed by atoms with Crippen LogP contribution >= 0.6 is 0 Å². The Morgan fingerprint density at radius 2 is 1.07 bits per heavy atom. The summed E-state index contributed by atoms with van der Waals surface area (Å²) in [4.78, 5) is 2.24. The minimum absolute atomic E-state index is 0.472. The van der Waals surface area contributed by atoms with E-state index in [1.165, 1.54) is 58.2 Å². The third-order valence-electron chi connectivity index (χ3n) is 4.37. The molecule has 0 saturated carbocycles. The number of rotatable bonds is 10. The van der Waals surface area contributed by atoms with E-state index in [1.54, 1.807) is 0 Å². The molecule has 0 aromatic heterocycles. The summed E-state index contributed by atoms with van der Waals surface area (Å²) >= 11 is 0. The van der Waals surface area contributed by atoms with E-state index in [2.05, 4.69) is 93.5 Å². The van der Waals surface area contributed by atoms with Gasteiger partial charge in [0.25, 0.3) is 0 Å². The molecule has 0 amide bonds. The van der Waals surface area contributed by atoms with E-state index in [1.807, 2.05) is 0 Å². The van der Waals surface area contributed by atoms with Crippen LogP contribution in [0.15, 0.2) is 0 Å². The fourth-order valence-electron chi connectivity index (χ4n) is 2.60. The van der Waals surface area contributed by atoms with Crippen LogP contribution in [0.1, 0.15) is 114 Å². The summed E-state index contributed by atoms with van der Waals surface area (Å²) in [6.07, 6.45) is 8.91. The van der Waals surface area contributed by atoms with Crippen LogP contribution in [0, 0.1) is 16.2 Å². The van der Waals surface area contributed by atoms with Gasteiger partial charge in [-0.05, 0) is 101 Å². The molecule has 0 aliphatic carbocycles. The summed E-state index contributed by atoms with van der Waals surface area (Å²) in [7, 11) is 4.26. The van der Waals surface area contributed by atoms with Gasteiger partial charge >= 0.3 is 0 Å². The molecular weight excluding hydrogens is 354 g/mol. The zero-order chi connectivity index (χ0) is 23.6. The third-order valence-corrected chi connectivity index (χ3v) is 4.37. The highest BCUT2D eigenvalue weighted by atomic mass is 15.0. The molecule has 0 atom stereocenters. The Bertz CT molecular complexity index is 316. The summed E-state index contributed by atoms with van der Waals surface area (Å²) in [5.74, 6) is 0. The van der Waals surface area contributed by atoms with Crippen molar-refractivity contribution in [1.82, 2.24) is 10.2 Å². The minimum atomic E-state index is 0.472. The normalized spacial score (nSPS) is 12.2. The number of nitrogens with two attached hydrogens (primary N) is 1. The van der Waals surface area contributed by atoms with Gasteiger partial charge < -0.3 is 16.0 Å². The van der Waals surface area contributed by atoms with Crippen LogP contribution < -0.4 is 11.1 Å². The summed E-state index contributed by atoms with van der Waals surface area (Å²) in [5, 5.41) is 3.41. The van der Waals surface area contributed by atoms with Crippen LogP contribution in [0.3, 0.4) is 0 Å². The molecule has 3 heteroatoms. The van der Waals surface area contributed by atoms with Crippen molar-refractivity contribution in [3.05, 3.63) is 0 Å². The average molecular weight is 416 g/mol. The molecule has 180 valence electrons. The summed E-state index contributed by atoms with van der Waals surface area (Å²) in [5.41, 5.74) is 6.83. The Kier molecular flexibility index (Phi) is 21.5. The van der Waals surface area contributed by atoms with Gasteiger partial charge in [0.1, 0.15) is 0 Å².